The minimum Gasteiger partial charge on any atom is -0.355 e. The van der Waals surface area contributed by atoms with E-state index in [-0.39, 0.29) is 17.6 Å². The van der Waals surface area contributed by atoms with Gasteiger partial charge in [0.15, 0.2) is 0 Å². The number of imidazole rings is 1. The van der Waals surface area contributed by atoms with E-state index in [0.717, 1.165) is 56.1 Å². The number of nitrogens with zero attached hydrogens (tertiary/aromatic N) is 3. The number of likely N-dealkylation sites (tertiary alicyclic amines) is 1. The number of amides is 1. The molecule has 2 aliphatic heterocycles. The van der Waals surface area contributed by atoms with Crippen LogP contribution in [0.1, 0.15) is 25.1 Å². The lowest BCUT2D eigenvalue weighted by molar-refractivity contribution is -0.125. The van der Waals surface area contributed by atoms with Crippen LogP contribution in [0.5, 0.6) is 0 Å². The number of carbonyl (C=O) groups excluding carboxylic acids is 1. The van der Waals surface area contributed by atoms with Crippen molar-refractivity contribution in [3.05, 3.63) is 42.1 Å². The van der Waals surface area contributed by atoms with E-state index < -0.39 is 0 Å². The smallest absolute Gasteiger partial charge is 0.224 e. The van der Waals surface area contributed by atoms with Gasteiger partial charge in [-0.3, -0.25) is 4.79 Å². The largest absolute Gasteiger partial charge is 0.355 e. The van der Waals surface area contributed by atoms with E-state index in [9.17, 15) is 9.18 Å². The van der Waals surface area contributed by atoms with Gasteiger partial charge in [0.1, 0.15) is 11.6 Å². The zero-order valence-electron chi connectivity index (χ0n) is 15.0. The Bertz CT molecular complexity index is 765. The van der Waals surface area contributed by atoms with E-state index in [4.69, 9.17) is 0 Å². The summed E-state index contributed by atoms with van der Waals surface area (Å²) < 4.78 is 15.3. The number of nitrogens with one attached hydrogen (secondary N) is 1. The summed E-state index contributed by atoms with van der Waals surface area (Å²) in [7, 11) is 0. The topological polar surface area (TPSA) is 50.2 Å². The van der Waals surface area contributed by atoms with Gasteiger partial charge in [0, 0.05) is 26.1 Å². The second-order valence-corrected chi connectivity index (χ2v) is 7.25. The minimum absolute atomic E-state index is 0.0329. The Kier molecular flexibility index (Phi) is 5.02. The highest BCUT2D eigenvalue weighted by atomic mass is 19.1. The van der Waals surface area contributed by atoms with Crippen molar-refractivity contribution in [3.8, 4) is 11.3 Å². The Morgan fingerprint density at radius 1 is 1.23 bits per heavy atom. The molecule has 1 fully saturated rings. The van der Waals surface area contributed by atoms with Gasteiger partial charge in [-0.1, -0.05) is 0 Å². The fraction of sp³-hybridized carbons (Fsp3) is 0.500. The maximum Gasteiger partial charge on any atom is 0.224 e. The first kappa shape index (κ1) is 17.2. The van der Waals surface area contributed by atoms with Crippen LogP contribution in [0.3, 0.4) is 0 Å². The highest BCUT2D eigenvalue weighted by molar-refractivity contribution is 5.79. The summed E-state index contributed by atoms with van der Waals surface area (Å²) >= 11 is 0. The molecule has 1 saturated heterocycles. The third-order valence-electron chi connectivity index (χ3n) is 5.49. The Morgan fingerprint density at radius 2 is 2.00 bits per heavy atom. The van der Waals surface area contributed by atoms with Crippen LogP contribution in [-0.4, -0.2) is 46.5 Å². The minimum atomic E-state index is -0.248. The molecule has 5 nitrogen and oxygen atoms in total. The lowest BCUT2D eigenvalue weighted by Gasteiger charge is -2.25. The zero-order valence-corrected chi connectivity index (χ0v) is 15.0. The van der Waals surface area contributed by atoms with Crippen LogP contribution in [0.15, 0.2) is 30.5 Å². The maximum absolute atomic E-state index is 13.2. The van der Waals surface area contributed by atoms with Gasteiger partial charge in [-0.05, 0) is 62.2 Å². The van der Waals surface area contributed by atoms with E-state index in [1.54, 1.807) is 12.1 Å². The molecule has 1 unspecified atom stereocenters. The number of halogens is 1. The van der Waals surface area contributed by atoms with E-state index in [1.807, 2.05) is 6.20 Å². The molecular weight excluding hydrogens is 331 g/mol. The van der Waals surface area contributed by atoms with Crippen molar-refractivity contribution in [2.45, 2.75) is 32.2 Å². The maximum atomic E-state index is 13.2. The standard InChI is InChI=1S/C20H25FN4O/c21-17-6-3-15(4-7-17)18-13-23-19-8-5-16(14-25(18)19)20(26)22-9-12-24-10-1-2-11-24/h3-4,6-7,13,16H,1-2,5,8-12,14H2,(H,22,26). The predicted molar refractivity (Wildman–Crippen MR) is 98.1 cm³/mol. The second kappa shape index (κ2) is 7.58. The molecule has 0 aliphatic carbocycles. The SMILES string of the molecule is O=C(NCCN1CCCC1)C1CCc2ncc(-c3ccc(F)cc3)n2C1. The molecule has 0 spiro atoms. The van der Waals surface area contributed by atoms with Gasteiger partial charge in [0.25, 0.3) is 0 Å². The monoisotopic (exact) mass is 356 g/mol. The molecule has 1 aromatic heterocycles. The quantitative estimate of drug-likeness (QED) is 0.895. The number of aryl methyl sites for hydroxylation is 1. The summed E-state index contributed by atoms with van der Waals surface area (Å²) in [6.45, 7) is 4.60. The first-order valence-corrected chi connectivity index (χ1v) is 9.51. The van der Waals surface area contributed by atoms with Crippen LogP contribution in [0, 0.1) is 11.7 Å². The molecule has 3 heterocycles. The molecule has 1 amide bonds. The highest BCUT2D eigenvalue weighted by Gasteiger charge is 2.27. The van der Waals surface area contributed by atoms with Crippen molar-refractivity contribution in [2.75, 3.05) is 26.2 Å². The molecule has 6 heteroatoms. The molecule has 0 bridgehead atoms. The van der Waals surface area contributed by atoms with Gasteiger partial charge in [0.05, 0.1) is 17.8 Å². The van der Waals surface area contributed by atoms with Gasteiger partial charge >= 0.3 is 0 Å². The van der Waals surface area contributed by atoms with Crippen molar-refractivity contribution in [1.82, 2.24) is 19.8 Å². The number of rotatable bonds is 5. The third-order valence-corrected chi connectivity index (χ3v) is 5.49. The van der Waals surface area contributed by atoms with E-state index >= 15 is 0 Å². The molecule has 2 aromatic rings. The molecule has 0 radical (unpaired) electrons. The Balaban J connectivity index is 1.39. The summed E-state index contributed by atoms with van der Waals surface area (Å²) in [6.07, 6.45) is 6.00. The van der Waals surface area contributed by atoms with Gasteiger partial charge in [-0.2, -0.15) is 0 Å². The average Bonchev–Trinajstić information content (AvgIpc) is 3.31. The van der Waals surface area contributed by atoms with Crippen LogP contribution in [0.2, 0.25) is 0 Å². The van der Waals surface area contributed by atoms with Crippen molar-refractivity contribution in [1.29, 1.82) is 0 Å². The summed E-state index contributed by atoms with van der Waals surface area (Å²) in [5, 5.41) is 3.11. The molecule has 1 aromatic carbocycles. The van der Waals surface area contributed by atoms with Crippen LogP contribution in [-0.2, 0) is 17.8 Å². The van der Waals surface area contributed by atoms with Crippen molar-refractivity contribution in [3.63, 3.8) is 0 Å². The molecule has 1 N–H and O–H groups in total. The predicted octanol–water partition coefficient (Wildman–Crippen LogP) is 2.46. The Labute approximate surface area is 153 Å². The molecule has 0 saturated carbocycles. The molecule has 4 rings (SSSR count). The number of carbonyl (C=O) groups is 1. The number of benzene rings is 1. The molecule has 2 aliphatic rings. The van der Waals surface area contributed by atoms with Gasteiger partial charge < -0.3 is 14.8 Å². The van der Waals surface area contributed by atoms with Crippen LogP contribution in [0.4, 0.5) is 4.39 Å². The summed E-state index contributed by atoms with van der Waals surface area (Å²) in [4.78, 5) is 19.5. The number of fused-ring (bicyclic) bond motifs is 1. The molecular formula is C20H25FN4O. The fourth-order valence-corrected chi connectivity index (χ4v) is 3.99. The van der Waals surface area contributed by atoms with Gasteiger partial charge in [-0.15, -0.1) is 0 Å². The lowest BCUT2D eigenvalue weighted by Crippen LogP contribution is -2.39. The van der Waals surface area contributed by atoms with Gasteiger partial charge in [0.2, 0.25) is 5.91 Å². The van der Waals surface area contributed by atoms with Crippen LogP contribution >= 0.6 is 0 Å². The van der Waals surface area contributed by atoms with Crippen LogP contribution in [0.25, 0.3) is 11.3 Å². The molecule has 1 atom stereocenters. The molecule has 138 valence electrons. The van der Waals surface area contributed by atoms with Crippen molar-refractivity contribution < 1.29 is 9.18 Å². The van der Waals surface area contributed by atoms with E-state index in [0.29, 0.717) is 6.54 Å². The average molecular weight is 356 g/mol. The molecule has 26 heavy (non-hydrogen) atoms. The van der Waals surface area contributed by atoms with E-state index in [1.165, 1.54) is 25.0 Å². The Hall–Kier alpha value is -2.21. The van der Waals surface area contributed by atoms with Crippen molar-refractivity contribution in [2.24, 2.45) is 5.92 Å². The number of hydrogen-bond donors (Lipinski definition) is 1. The fourth-order valence-electron chi connectivity index (χ4n) is 3.99. The zero-order chi connectivity index (χ0) is 17.9. The van der Waals surface area contributed by atoms with E-state index in [2.05, 4.69) is 19.8 Å². The summed E-state index contributed by atoms with van der Waals surface area (Å²) in [5.74, 6) is 0.857. The highest BCUT2D eigenvalue weighted by Crippen LogP contribution is 2.27. The first-order valence-electron chi connectivity index (χ1n) is 9.51. The first-order chi connectivity index (χ1) is 12.7. The lowest BCUT2D eigenvalue weighted by atomic mass is 9.98. The number of aromatic nitrogens is 2. The second-order valence-electron chi connectivity index (χ2n) is 7.25. The number of hydrogen-bond acceptors (Lipinski definition) is 3. The van der Waals surface area contributed by atoms with Crippen LogP contribution < -0.4 is 5.32 Å². The van der Waals surface area contributed by atoms with Crippen molar-refractivity contribution >= 4 is 5.91 Å². The third kappa shape index (κ3) is 3.65. The normalized spacial score (nSPS) is 20.1. The van der Waals surface area contributed by atoms with Gasteiger partial charge in [-0.25, -0.2) is 9.37 Å². The summed E-state index contributed by atoms with van der Waals surface area (Å²) in [6, 6.07) is 6.44. The Morgan fingerprint density at radius 3 is 2.77 bits per heavy atom. The summed E-state index contributed by atoms with van der Waals surface area (Å²) in [5.41, 5.74) is 1.88.